The highest BCUT2D eigenvalue weighted by molar-refractivity contribution is 6.32. The van der Waals surface area contributed by atoms with Crippen molar-refractivity contribution in [3.05, 3.63) is 29.3 Å². The zero-order chi connectivity index (χ0) is 8.97. The lowest BCUT2D eigenvalue weighted by atomic mass is 9.93. The molecule has 0 aliphatic rings. The molecule has 0 aromatic heterocycles. The van der Waals surface area contributed by atoms with Crippen molar-refractivity contribution in [2.75, 3.05) is 0 Å². The number of rotatable bonds is 2. The molecule has 0 atom stereocenters. The van der Waals surface area contributed by atoms with Gasteiger partial charge in [-0.15, -0.1) is 5.10 Å². The molecular weight excluding hydrogens is 149 g/mol. The minimum absolute atomic E-state index is 0.729. The topological polar surface area (TPSA) is 48.6 Å². The molecule has 12 heavy (non-hydrogen) atoms. The average molecular weight is 157 g/mol. The van der Waals surface area contributed by atoms with Gasteiger partial charge in [-0.1, -0.05) is 28.9 Å². The minimum Gasteiger partial charge on any atom is -0.185 e. The molecule has 1 aromatic rings. The highest BCUT2D eigenvalue weighted by Gasteiger charge is 1.93. The van der Waals surface area contributed by atoms with E-state index in [9.17, 15) is 0 Å². The van der Waals surface area contributed by atoms with Gasteiger partial charge in [0.25, 0.3) is 0 Å². The second kappa shape index (κ2) is 3.81. The smallest absolute Gasteiger partial charge is 0.113 e. The highest BCUT2D eigenvalue weighted by atomic mass is 15.3. The molecule has 0 aliphatic carbocycles. The summed E-state index contributed by atoms with van der Waals surface area (Å²) in [5.74, 6) is 0. The summed E-state index contributed by atoms with van der Waals surface area (Å²) >= 11 is 0. The first-order chi connectivity index (χ1) is 5.74. The van der Waals surface area contributed by atoms with E-state index in [1.54, 1.807) is 6.07 Å². The Labute approximate surface area is 72.4 Å². The van der Waals surface area contributed by atoms with Gasteiger partial charge in [-0.2, -0.15) is 5.53 Å². The van der Waals surface area contributed by atoms with E-state index in [0.29, 0.717) is 0 Å². The summed E-state index contributed by atoms with van der Waals surface area (Å²) in [6.07, 6.45) is 1.53. The Balaban J connectivity index is 3.01. The second-order valence-corrected chi connectivity index (χ2v) is 2.46. The van der Waals surface area contributed by atoms with Gasteiger partial charge in [0.1, 0.15) is 7.85 Å². The van der Waals surface area contributed by atoms with Crippen LogP contribution in [0.4, 0.5) is 0 Å². The van der Waals surface area contributed by atoms with Crippen molar-refractivity contribution in [2.45, 2.75) is 6.92 Å². The summed E-state index contributed by atoms with van der Waals surface area (Å²) in [7, 11) is 5.55. The Morgan fingerprint density at radius 3 is 2.83 bits per heavy atom. The van der Waals surface area contributed by atoms with E-state index < -0.39 is 0 Å². The molecule has 0 saturated carbocycles. The third kappa shape index (κ3) is 2.02. The summed E-state index contributed by atoms with van der Waals surface area (Å²) in [5.41, 5.74) is 9.16. The fraction of sp³-hybridized carbons (Fsp3) is 0.125. The van der Waals surface area contributed by atoms with E-state index >= 15 is 0 Å². The van der Waals surface area contributed by atoms with Crippen LogP contribution in [0, 0.1) is 12.5 Å². The summed E-state index contributed by atoms with van der Waals surface area (Å²) in [5, 5.41) is 6.34. The Bertz CT molecular complexity index is 320. The highest BCUT2D eigenvalue weighted by Crippen LogP contribution is 2.01. The predicted octanol–water partition coefficient (Wildman–Crippen LogP) is 1.15. The van der Waals surface area contributed by atoms with Crippen molar-refractivity contribution in [3.63, 3.8) is 0 Å². The summed E-state index contributed by atoms with van der Waals surface area (Å²) in [6.45, 7) is 1.93. The molecule has 1 N–H and O–H groups in total. The Kier molecular flexibility index (Phi) is 2.74. The van der Waals surface area contributed by atoms with Crippen LogP contribution >= 0.6 is 0 Å². The quantitative estimate of drug-likeness (QED) is 0.289. The molecule has 0 bridgehead atoms. The number of aryl methyl sites for hydroxylation is 1. The van der Waals surface area contributed by atoms with Crippen LogP contribution in [0.5, 0.6) is 0 Å². The van der Waals surface area contributed by atoms with Crippen molar-refractivity contribution in [1.29, 1.82) is 5.53 Å². The molecule has 0 aliphatic heterocycles. The van der Waals surface area contributed by atoms with Crippen molar-refractivity contribution in [3.8, 4) is 0 Å². The maximum atomic E-state index is 6.47. The van der Waals surface area contributed by atoms with Gasteiger partial charge in [0.05, 0.1) is 6.21 Å². The Morgan fingerprint density at radius 2 is 2.25 bits per heavy atom. The van der Waals surface area contributed by atoms with Gasteiger partial charge in [-0.05, 0) is 18.1 Å². The third-order valence-corrected chi connectivity index (χ3v) is 1.55. The maximum absolute atomic E-state index is 6.47. The lowest BCUT2D eigenvalue weighted by Gasteiger charge is -1.99. The van der Waals surface area contributed by atoms with Crippen LogP contribution in [-0.4, -0.2) is 14.1 Å². The second-order valence-electron chi connectivity index (χ2n) is 2.46. The van der Waals surface area contributed by atoms with Crippen LogP contribution in [0.3, 0.4) is 0 Å². The van der Waals surface area contributed by atoms with Crippen LogP contribution in [0.2, 0.25) is 0 Å². The van der Waals surface area contributed by atoms with E-state index in [-0.39, 0.29) is 0 Å². The molecule has 0 saturated heterocycles. The van der Waals surface area contributed by atoms with Gasteiger partial charge in [0.15, 0.2) is 0 Å². The van der Waals surface area contributed by atoms with E-state index in [1.807, 2.05) is 19.1 Å². The van der Waals surface area contributed by atoms with Gasteiger partial charge < -0.3 is 0 Å². The zero-order valence-electron chi connectivity index (χ0n) is 6.78. The van der Waals surface area contributed by atoms with Crippen LogP contribution < -0.4 is 5.46 Å². The minimum atomic E-state index is 0.729. The summed E-state index contributed by atoms with van der Waals surface area (Å²) < 4.78 is 0. The lowest BCUT2D eigenvalue weighted by Crippen LogP contribution is -2.03. The molecule has 4 heteroatoms. The maximum Gasteiger partial charge on any atom is 0.113 e. The molecule has 2 radical (unpaired) electrons. The first-order valence-corrected chi connectivity index (χ1v) is 3.50. The van der Waals surface area contributed by atoms with Crippen molar-refractivity contribution in [2.24, 2.45) is 10.3 Å². The van der Waals surface area contributed by atoms with Crippen molar-refractivity contribution < 1.29 is 0 Å². The number of nitrogens with zero attached hydrogens (tertiary/aromatic N) is 2. The number of benzene rings is 1. The third-order valence-electron chi connectivity index (χ3n) is 1.55. The molecule has 0 spiro atoms. The Hall–Kier alpha value is -1.45. The van der Waals surface area contributed by atoms with Gasteiger partial charge in [0, 0.05) is 0 Å². The van der Waals surface area contributed by atoms with Crippen LogP contribution in [0.1, 0.15) is 11.1 Å². The molecule has 1 aromatic carbocycles. The van der Waals surface area contributed by atoms with Gasteiger partial charge in [0.2, 0.25) is 0 Å². The fourth-order valence-electron chi connectivity index (χ4n) is 0.935. The first-order valence-electron chi connectivity index (χ1n) is 3.50. The SMILES string of the molecule is [B]c1ccc(/C=N/N=N)c(C)c1. The van der Waals surface area contributed by atoms with Gasteiger partial charge >= 0.3 is 0 Å². The molecule has 0 amide bonds. The normalized spacial score (nSPS) is 10.4. The molecule has 3 nitrogen and oxygen atoms in total. The lowest BCUT2D eigenvalue weighted by molar-refractivity contribution is 0.996. The van der Waals surface area contributed by atoms with E-state index in [1.165, 1.54) is 6.21 Å². The number of hydrogen-bond donors (Lipinski definition) is 1. The van der Waals surface area contributed by atoms with Crippen molar-refractivity contribution >= 4 is 19.5 Å². The van der Waals surface area contributed by atoms with Crippen LogP contribution in [0.25, 0.3) is 0 Å². The Morgan fingerprint density at radius 1 is 1.50 bits per heavy atom. The first kappa shape index (κ1) is 8.65. The summed E-state index contributed by atoms with van der Waals surface area (Å²) in [6, 6.07) is 5.49. The number of nitrogens with one attached hydrogen (secondary N) is 1. The molecule has 1 rings (SSSR count). The fourth-order valence-corrected chi connectivity index (χ4v) is 0.935. The molecule has 0 heterocycles. The average Bonchev–Trinajstić information content (AvgIpc) is 2.03. The molecule has 0 unspecified atom stereocenters. The predicted molar refractivity (Wildman–Crippen MR) is 49.3 cm³/mol. The monoisotopic (exact) mass is 157 g/mol. The number of hydrogen-bond acceptors (Lipinski definition) is 2. The molecule has 58 valence electrons. The standard InChI is InChI=1S/C8H8BN3/c1-6-4-8(9)3-2-7(6)5-11-12-10/h2-5,10H,1H3/b11-5+,12-10?. The van der Waals surface area contributed by atoms with Crippen LogP contribution in [-0.2, 0) is 0 Å². The van der Waals surface area contributed by atoms with Gasteiger partial charge in [-0.25, -0.2) is 0 Å². The van der Waals surface area contributed by atoms with Crippen LogP contribution in [0.15, 0.2) is 28.5 Å². The van der Waals surface area contributed by atoms with Gasteiger partial charge in [-0.3, -0.25) is 0 Å². The summed E-state index contributed by atoms with van der Waals surface area (Å²) in [4.78, 5) is 0. The van der Waals surface area contributed by atoms with E-state index in [2.05, 4.69) is 10.3 Å². The molecular formula is C8H8BN3. The largest absolute Gasteiger partial charge is 0.185 e. The molecule has 0 fully saturated rings. The van der Waals surface area contributed by atoms with Crippen molar-refractivity contribution in [1.82, 2.24) is 0 Å². The van der Waals surface area contributed by atoms with E-state index in [0.717, 1.165) is 16.6 Å². The zero-order valence-corrected chi connectivity index (χ0v) is 6.78. The van der Waals surface area contributed by atoms with E-state index in [4.69, 9.17) is 13.4 Å².